The van der Waals surface area contributed by atoms with Gasteiger partial charge in [-0.1, -0.05) is 11.6 Å². The second-order valence-electron chi connectivity index (χ2n) is 7.50. The number of hydrogen-bond donors (Lipinski definition) is 2. The Kier molecular flexibility index (Phi) is 6.80. The number of aryl methyl sites for hydroxylation is 1. The summed E-state index contributed by atoms with van der Waals surface area (Å²) in [6, 6.07) is 9.19. The van der Waals surface area contributed by atoms with Crippen molar-refractivity contribution in [1.29, 1.82) is 0 Å². The van der Waals surface area contributed by atoms with Gasteiger partial charge >= 0.3 is 6.18 Å². The fraction of sp³-hybridized carbons (Fsp3) is 0.130. The molecule has 36 heavy (non-hydrogen) atoms. The first kappa shape index (κ1) is 24.9. The number of guanidine groups is 1. The molecule has 8 nitrogen and oxygen atoms in total. The molecule has 3 N–H and O–H groups in total. The molecule has 2 aromatic carbocycles. The molecule has 0 spiro atoms. The molecule has 0 aliphatic carbocycles. The average molecular weight is 520 g/mol. The summed E-state index contributed by atoms with van der Waals surface area (Å²) in [5.74, 6) is -1.06. The number of anilines is 1. The Bertz CT molecular complexity index is 1450. The summed E-state index contributed by atoms with van der Waals surface area (Å²) in [7, 11) is 1.49. The van der Waals surface area contributed by atoms with E-state index in [9.17, 15) is 17.6 Å². The molecular formula is C23H18ClF4N7O. The normalized spacial score (nSPS) is 12.0. The maximum atomic E-state index is 13.5. The highest BCUT2D eigenvalue weighted by molar-refractivity contribution is 6.31. The standard InChI is InChI=1S/C23H18ClF4N7O/c1-12-10-35(11-30-12)18-6-4-14(8-19(18)36-2)31-21(29)34-22-32-17(9-20(33-22)23(26,27)28)13-3-5-16(25)15(24)7-13/h3-11H,1-2H3,(H3,29,31,32,33,34). The van der Waals surface area contributed by atoms with E-state index in [-0.39, 0.29) is 22.2 Å². The van der Waals surface area contributed by atoms with Crippen LogP contribution in [0.4, 0.5) is 29.2 Å². The largest absolute Gasteiger partial charge is 0.494 e. The van der Waals surface area contributed by atoms with E-state index in [0.29, 0.717) is 23.2 Å². The SMILES string of the molecule is COc1cc(N/C(N)=N/c2nc(-c3ccc(F)c(Cl)c3)cc(C(F)(F)F)n2)ccc1-n1cnc(C)c1. The number of alkyl halides is 3. The van der Waals surface area contributed by atoms with E-state index in [1.807, 2.05) is 13.1 Å². The van der Waals surface area contributed by atoms with Crippen LogP contribution >= 0.6 is 11.6 Å². The third-order valence-corrected chi connectivity index (χ3v) is 5.17. The number of aromatic nitrogens is 4. The van der Waals surface area contributed by atoms with Crippen molar-refractivity contribution < 1.29 is 22.3 Å². The van der Waals surface area contributed by atoms with Gasteiger partial charge in [-0.05, 0) is 43.3 Å². The molecule has 0 unspecified atom stereocenters. The topological polar surface area (TPSA) is 103 Å². The summed E-state index contributed by atoms with van der Waals surface area (Å²) in [5, 5.41) is 2.50. The zero-order valence-corrected chi connectivity index (χ0v) is 19.6. The van der Waals surface area contributed by atoms with Crippen LogP contribution in [0.15, 0.2) is 60.0 Å². The summed E-state index contributed by atoms with van der Waals surface area (Å²) in [6.45, 7) is 1.85. The lowest BCUT2D eigenvalue weighted by molar-refractivity contribution is -0.141. The second kappa shape index (κ2) is 9.82. The minimum absolute atomic E-state index is 0.146. The Morgan fingerprint density at radius 1 is 1.14 bits per heavy atom. The molecule has 0 radical (unpaired) electrons. The number of rotatable bonds is 5. The fourth-order valence-electron chi connectivity index (χ4n) is 3.24. The van der Waals surface area contributed by atoms with Gasteiger partial charge in [-0.25, -0.2) is 19.3 Å². The van der Waals surface area contributed by atoms with E-state index in [1.165, 1.54) is 13.2 Å². The first-order valence-electron chi connectivity index (χ1n) is 10.3. The van der Waals surface area contributed by atoms with Crippen molar-refractivity contribution in [3.63, 3.8) is 0 Å². The molecular weight excluding hydrogens is 502 g/mol. The van der Waals surface area contributed by atoms with Crippen LogP contribution in [0.2, 0.25) is 5.02 Å². The quantitative estimate of drug-likeness (QED) is 0.204. The van der Waals surface area contributed by atoms with Gasteiger partial charge in [0.25, 0.3) is 5.95 Å². The molecule has 0 bridgehead atoms. The second-order valence-corrected chi connectivity index (χ2v) is 7.90. The first-order valence-corrected chi connectivity index (χ1v) is 10.6. The monoisotopic (exact) mass is 519 g/mol. The highest BCUT2D eigenvalue weighted by Crippen LogP contribution is 2.33. The summed E-state index contributed by atoms with van der Waals surface area (Å²) in [6.07, 6.45) is -1.34. The number of nitrogens with two attached hydrogens (primary N) is 1. The number of halogens is 5. The molecule has 0 saturated heterocycles. The number of benzene rings is 2. The number of hydrogen-bond acceptors (Lipinski definition) is 5. The average Bonchev–Trinajstić information content (AvgIpc) is 3.25. The van der Waals surface area contributed by atoms with E-state index in [2.05, 4.69) is 25.3 Å². The molecule has 0 atom stereocenters. The minimum atomic E-state index is -4.79. The number of nitrogens with one attached hydrogen (secondary N) is 1. The lowest BCUT2D eigenvalue weighted by Crippen LogP contribution is -2.22. The van der Waals surface area contributed by atoms with Crippen LogP contribution in [0.5, 0.6) is 5.75 Å². The maximum absolute atomic E-state index is 13.5. The number of aliphatic imine (C=N–C) groups is 1. The van der Waals surface area contributed by atoms with Crippen molar-refractivity contribution in [3.05, 3.63) is 77.2 Å². The Labute approximate surface area is 207 Å². The lowest BCUT2D eigenvalue weighted by Gasteiger charge is -2.13. The lowest BCUT2D eigenvalue weighted by atomic mass is 10.1. The van der Waals surface area contributed by atoms with E-state index in [1.54, 1.807) is 29.1 Å². The van der Waals surface area contributed by atoms with Crippen molar-refractivity contribution in [2.45, 2.75) is 13.1 Å². The Hall–Kier alpha value is -4.19. The predicted molar refractivity (Wildman–Crippen MR) is 127 cm³/mol. The van der Waals surface area contributed by atoms with E-state index < -0.39 is 23.6 Å². The van der Waals surface area contributed by atoms with Gasteiger partial charge in [0.05, 0.1) is 35.5 Å². The Morgan fingerprint density at radius 3 is 2.56 bits per heavy atom. The summed E-state index contributed by atoms with van der Waals surface area (Å²) in [5.41, 5.74) is 6.64. The van der Waals surface area contributed by atoms with Gasteiger partial charge in [0, 0.05) is 23.5 Å². The van der Waals surface area contributed by atoms with Crippen LogP contribution in [0, 0.1) is 12.7 Å². The zero-order chi connectivity index (χ0) is 26.0. The Morgan fingerprint density at radius 2 is 1.92 bits per heavy atom. The number of imidazole rings is 1. The minimum Gasteiger partial charge on any atom is -0.494 e. The van der Waals surface area contributed by atoms with Crippen LogP contribution in [-0.4, -0.2) is 32.6 Å². The zero-order valence-electron chi connectivity index (χ0n) is 18.8. The van der Waals surface area contributed by atoms with Gasteiger partial charge in [0.15, 0.2) is 5.69 Å². The Balaban J connectivity index is 1.66. The van der Waals surface area contributed by atoms with Crippen LogP contribution in [0.1, 0.15) is 11.4 Å². The van der Waals surface area contributed by atoms with Gasteiger partial charge in [-0.15, -0.1) is 0 Å². The molecule has 0 aliphatic heterocycles. The highest BCUT2D eigenvalue weighted by Gasteiger charge is 2.34. The highest BCUT2D eigenvalue weighted by atomic mass is 35.5. The van der Waals surface area contributed by atoms with Crippen molar-refractivity contribution in [2.24, 2.45) is 10.7 Å². The molecule has 2 aromatic heterocycles. The summed E-state index contributed by atoms with van der Waals surface area (Å²) in [4.78, 5) is 15.6. The molecule has 0 saturated carbocycles. The molecule has 186 valence electrons. The maximum Gasteiger partial charge on any atom is 0.433 e. The van der Waals surface area contributed by atoms with E-state index >= 15 is 0 Å². The van der Waals surface area contributed by atoms with Gasteiger partial charge in [0.1, 0.15) is 11.6 Å². The summed E-state index contributed by atoms with van der Waals surface area (Å²) < 4.78 is 61.1. The van der Waals surface area contributed by atoms with Crippen LogP contribution in [0.3, 0.4) is 0 Å². The van der Waals surface area contributed by atoms with E-state index in [0.717, 1.165) is 17.8 Å². The van der Waals surface area contributed by atoms with Crippen molar-refractivity contribution in [3.8, 4) is 22.7 Å². The van der Waals surface area contributed by atoms with Crippen molar-refractivity contribution in [1.82, 2.24) is 19.5 Å². The molecule has 2 heterocycles. The third kappa shape index (κ3) is 5.54. The van der Waals surface area contributed by atoms with Gasteiger partial charge < -0.3 is 20.4 Å². The summed E-state index contributed by atoms with van der Waals surface area (Å²) >= 11 is 5.77. The van der Waals surface area contributed by atoms with Gasteiger partial charge in [-0.2, -0.15) is 18.2 Å². The molecule has 0 amide bonds. The smallest absolute Gasteiger partial charge is 0.433 e. The molecule has 13 heteroatoms. The van der Waals surface area contributed by atoms with Gasteiger partial charge in [-0.3, -0.25) is 0 Å². The molecule has 0 fully saturated rings. The molecule has 4 aromatic rings. The number of methoxy groups -OCH3 is 1. The first-order chi connectivity index (χ1) is 17.0. The van der Waals surface area contributed by atoms with Crippen molar-refractivity contribution >= 4 is 29.2 Å². The van der Waals surface area contributed by atoms with Crippen LogP contribution in [-0.2, 0) is 6.18 Å². The predicted octanol–water partition coefficient (Wildman–Crippen LogP) is 5.52. The van der Waals surface area contributed by atoms with Crippen LogP contribution < -0.4 is 15.8 Å². The van der Waals surface area contributed by atoms with Crippen molar-refractivity contribution in [2.75, 3.05) is 12.4 Å². The van der Waals surface area contributed by atoms with Gasteiger partial charge in [0.2, 0.25) is 5.96 Å². The van der Waals surface area contributed by atoms with E-state index in [4.69, 9.17) is 22.1 Å². The fourth-order valence-corrected chi connectivity index (χ4v) is 3.42. The van der Waals surface area contributed by atoms with Crippen LogP contribution in [0.25, 0.3) is 16.9 Å². The number of ether oxygens (including phenoxy) is 1. The molecule has 0 aliphatic rings. The third-order valence-electron chi connectivity index (χ3n) is 4.88. The number of nitrogens with zero attached hydrogens (tertiary/aromatic N) is 5. The molecule has 4 rings (SSSR count).